The summed E-state index contributed by atoms with van der Waals surface area (Å²) in [5.74, 6) is 2.39. The molecule has 2 saturated heterocycles. The Morgan fingerprint density at radius 2 is 2.00 bits per heavy atom. The summed E-state index contributed by atoms with van der Waals surface area (Å²) in [6.45, 7) is 2.47. The maximum Gasteiger partial charge on any atom is 0.0187 e. The average molecular weight is 156 g/mol. The van der Waals surface area contributed by atoms with Gasteiger partial charge in [0.05, 0.1) is 0 Å². The molecular weight excluding hydrogens is 142 g/mol. The molecule has 10 heavy (non-hydrogen) atoms. The number of piperidine rings is 1. The Balaban J connectivity index is 1.98. The van der Waals surface area contributed by atoms with Crippen LogP contribution in [0.3, 0.4) is 0 Å². The zero-order valence-electron chi connectivity index (χ0n) is 6.23. The third-order valence-electron chi connectivity index (χ3n) is 2.57. The first kappa shape index (κ1) is 6.99. The Morgan fingerprint density at radius 1 is 1.20 bits per heavy atom. The van der Waals surface area contributed by atoms with Crippen LogP contribution in [-0.4, -0.2) is 17.8 Å². The monoisotopic (exact) mass is 156 g/mol. The standard InChI is InChI=1S/C8H14NS/c1-2-8(10-7-1)3-5-9-6-4-8/h7,9H,1-6H2. The van der Waals surface area contributed by atoms with E-state index < -0.39 is 0 Å². The van der Waals surface area contributed by atoms with E-state index in [0.29, 0.717) is 4.75 Å². The molecule has 1 nitrogen and oxygen atoms in total. The van der Waals surface area contributed by atoms with Crippen molar-refractivity contribution in [2.75, 3.05) is 13.1 Å². The molecule has 1 N–H and O–H groups in total. The van der Waals surface area contributed by atoms with Gasteiger partial charge in [-0.2, -0.15) is 11.8 Å². The Morgan fingerprint density at radius 3 is 2.60 bits per heavy atom. The minimum Gasteiger partial charge on any atom is -0.317 e. The van der Waals surface area contributed by atoms with Crippen LogP contribution in [0.1, 0.15) is 25.7 Å². The molecule has 2 rings (SSSR count). The summed E-state index contributed by atoms with van der Waals surface area (Å²) in [6.07, 6.45) is 5.53. The summed E-state index contributed by atoms with van der Waals surface area (Å²) >= 11 is 2.10. The van der Waals surface area contributed by atoms with Gasteiger partial charge in [0.2, 0.25) is 0 Å². The summed E-state index contributed by atoms with van der Waals surface area (Å²) in [5, 5.41) is 3.41. The van der Waals surface area contributed by atoms with E-state index in [0.717, 1.165) is 0 Å². The average Bonchev–Trinajstić information content (AvgIpc) is 2.39. The van der Waals surface area contributed by atoms with Crippen molar-refractivity contribution in [3.8, 4) is 0 Å². The lowest BCUT2D eigenvalue weighted by molar-refractivity contribution is 0.404. The molecule has 0 aromatic carbocycles. The lowest BCUT2D eigenvalue weighted by atomic mass is 9.93. The zero-order chi connectivity index (χ0) is 6.86. The Bertz CT molecular complexity index is 110. The molecule has 0 unspecified atom stereocenters. The molecule has 2 fully saturated rings. The maximum absolute atomic E-state index is 3.41. The quantitative estimate of drug-likeness (QED) is 0.574. The Kier molecular flexibility index (Phi) is 1.92. The maximum atomic E-state index is 3.41. The summed E-state index contributed by atoms with van der Waals surface area (Å²) in [7, 11) is 0. The van der Waals surface area contributed by atoms with E-state index in [-0.39, 0.29) is 0 Å². The topological polar surface area (TPSA) is 12.0 Å². The van der Waals surface area contributed by atoms with E-state index >= 15 is 0 Å². The smallest absolute Gasteiger partial charge is 0.0187 e. The largest absolute Gasteiger partial charge is 0.317 e. The molecule has 0 saturated carbocycles. The molecule has 2 heteroatoms. The number of rotatable bonds is 0. The van der Waals surface area contributed by atoms with Gasteiger partial charge in [-0.15, -0.1) is 0 Å². The minimum atomic E-state index is 0.672. The Labute approximate surface area is 67.0 Å². The van der Waals surface area contributed by atoms with Crippen LogP contribution in [0.2, 0.25) is 0 Å². The van der Waals surface area contributed by atoms with Crippen LogP contribution in [0, 0.1) is 5.75 Å². The predicted octanol–water partition coefficient (Wildman–Crippen LogP) is 1.80. The summed E-state index contributed by atoms with van der Waals surface area (Å²) in [6, 6.07) is 0. The molecule has 2 aliphatic heterocycles. The molecular formula is C8H14NS. The number of hydrogen-bond acceptors (Lipinski definition) is 2. The van der Waals surface area contributed by atoms with Gasteiger partial charge >= 0.3 is 0 Å². The van der Waals surface area contributed by atoms with Gasteiger partial charge in [0, 0.05) is 10.5 Å². The highest BCUT2D eigenvalue weighted by molar-refractivity contribution is 8.02. The molecule has 0 bridgehead atoms. The molecule has 1 radical (unpaired) electrons. The van der Waals surface area contributed by atoms with Gasteiger partial charge in [-0.05, 0) is 38.8 Å². The van der Waals surface area contributed by atoms with Crippen LogP contribution in [0.25, 0.3) is 0 Å². The van der Waals surface area contributed by atoms with Gasteiger partial charge in [-0.25, -0.2) is 0 Å². The molecule has 2 aliphatic rings. The second-order valence-electron chi connectivity index (χ2n) is 3.26. The molecule has 0 aromatic rings. The van der Waals surface area contributed by atoms with E-state index in [1.54, 1.807) is 0 Å². The van der Waals surface area contributed by atoms with Crippen LogP contribution in [-0.2, 0) is 0 Å². The second-order valence-corrected chi connectivity index (χ2v) is 4.69. The zero-order valence-corrected chi connectivity index (χ0v) is 7.04. The number of thioether (sulfide) groups is 1. The van der Waals surface area contributed by atoms with Crippen molar-refractivity contribution in [2.45, 2.75) is 30.4 Å². The summed E-state index contributed by atoms with van der Waals surface area (Å²) in [4.78, 5) is 0. The van der Waals surface area contributed by atoms with E-state index in [4.69, 9.17) is 0 Å². The molecule has 0 amide bonds. The van der Waals surface area contributed by atoms with Crippen molar-refractivity contribution < 1.29 is 0 Å². The van der Waals surface area contributed by atoms with Crippen LogP contribution in [0.5, 0.6) is 0 Å². The normalized spacial score (nSPS) is 31.2. The first-order chi connectivity index (χ1) is 4.91. The van der Waals surface area contributed by atoms with Gasteiger partial charge in [0.25, 0.3) is 0 Å². The second kappa shape index (κ2) is 2.74. The molecule has 2 heterocycles. The molecule has 0 atom stereocenters. The highest BCUT2D eigenvalue weighted by Gasteiger charge is 2.35. The highest BCUT2D eigenvalue weighted by Crippen LogP contribution is 2.46. The Hall–Kier alpha value is 0.310. The predicted molar refractivity (Wildman–Crippen MR) is 46.0 cm³/mol. The van der Waals surface area contributed by atoms with Gasteiger partial charge in [0.1, 0.15) is 0 Å². The van der Waals surface area contributed by atoms with Crippen LogP contribution in [0.15, 0.2) is 0 Å². The first-order valence-electron chi connectivity index (χ1n) is 4.12. The van der Waals surface area contributed by atoms with Crippen molar-refractivity contribution in [1.29, 1.82) is 0 Å². The van der Waals surface area contributed by atoms with Crippen molar-refractivity contribution in [2.24, 2.45) is 0 Å². The van der Waals surface area contributed by atoms with Gasteiger partial charge in [-0.1, -0.05) is 0 Å². The van der Waals surface area contributed by atoms with Gasteiger partial charge in [0.15, 0.2) is 0 Å². The first-order valence-corrected chi connectivity index (χ1v) is 5.00. The third kappa shape index (κ3) is 1.19. The molecule has 0 aromatic heterocycles. The number of hydrogen-bond donors (Lipinski definition) is 1. The lowest BCUT2D eigenvalue weighted by Crippen LogP contribution is -2.37. The van der Waals surface area contributed by atoms with Crippen LogP contribution >= 0.6 is 11.8 Å². The highest BCUT2D eigenvalue weighted by atomic mass is 32.2. The molecule has 57 valence electrons. The minimum absolute atomic E-state index is 0.672. The van der Waals surface area contributed by atoms with E-state index in [1.165, 1.54) is 38.8 Å². The number of nitrogens with one attached hydrogen (secondary N) is 1. The van der Waals surface area contributed by atoms with E-state index in [2.05, 4.69) is 22.8 Å². The van der Waals surface area contributed by atoms with Crippen LogP contribution < -0.4 is 5.32 Å². The van der Waals surface area contributed by atoms with Crippen molar-refractivity contribution in [1.82, 2.24) is 5.32 Å². The van der Waals surface area contributed by atoms with Crippen molar-refractivity contribution in [3.63, 3.8) is 0 Å². The fourth-order valence-electron chi connectivity index (χ4n) is 1.87. The SMILES string of the molecule is [CH]1CCC2(CCNCC2)S1. The molecule has 1 spiro atoms. The fraction of sp³-hybridized carbons (Fsp3) is 0.875. The van der Waals surface area contributed by atoms with Crippen molar-refractivity contribution in [3.05, 3.63) is 5.75 Å². The van der Waals surface area contributed by atoms with E-state index in [9.17, 15) is 0 Å². The summed E-state index contributed by atoms with van der Waals surface area (Å²) < 4.78 is 0.672. The van der Waals surface area contributed by atoms with Gasteiger partial charge < -0.3 is 5.32 Å². The van der Waals surface area contributed by atoms with Crippen LogP contribution in [0.4, 0.5) is 0 Å². The van der Waals surface area contributed by atoms with Gasteiger partial charge in [-0.3, -0.25) is 0 Å². The fourth-order valence-corrected chi connectivity index (χ4v) is 3.13. The van der Waals surface area contributed by atoms with Crippen molar-refractivity contribution >= 4 is 11.8 Å². The van der Waals surface area contributed by atoms with E-state index in [1.807, 2.05) is 0 Å². The third-order valence-corrected chi connectivity index (χ3v) is 4.08. The summed E-state index contributed by atoms with van der Waals surface area (Å²) in [5.41, 5.74) is 0. The molecule has 0 aliphatic carbocycles. The lowest BCUT2D eigenvalue weighted by Gasteiger charge is -2.32.